The van der Waals surface area contributed by atoms with Gasteiger partial charge in [-0.15, -0.1) is 0 Å². The van der Waals surface area contributed by atoms with Crippen LogP contribution in [0.1, 0.15) is 5.56 Å². The predicted molar refractivity (Wildman–Crippen MR) is 96.8 cm³/mol. The average Bonchev–Trinajstić information content (AvgIpc) is 2.60. The highest BCUT2D eigenvalue weighted by molar-refractivity contribution is 6.21. The molecule has 0 saturated heterocycles. The number of aryl methyl sites for hydroxylation is 1. The Balaban J connectivity index is 2.27. The Kier molecular flexibility index (Phi) is 3.12. The van der Waals surface area contributed by atoms with Crippen molar-refractivity contribution >= 4 is 32.3 Å². The molecule has 4 rings (SSSR count). The molecule has 0 aliphatic carbocycles. The van der Waals surface area contributed by atoms with E-state index in [0.717, 1.165) is 16.9 Å². The Bertz CT molecular complexity index is 1050. The molecular weight excluding hydrogens is 284 g/mol. The van der Waals surface area contributed by atoms with Crippen LogP contribution in [0.5, 0.6) is 11.5 Å². The van der Waals surface area contributed by atoms with E-state index >= 15 is 0 Å². The summed E-state index contributed by atoms with van der Waals surface area (Å²) in [7, 11) is 3.36. The van der Waals surface area contributed by atoms with Crippen molar-refractivity contribution in [2.24, 2.45) is 0 Å². The molecule has 0 aromatic heterocycles. The summed E-state index contributed by atoms with van der Waals surface area (Å²) in [5.41, 5.74) is 1.30. The first-order chi connectivity index (χ1) is 11.2. The minimum Gasteiger partial charge on any atom is -0.493 e. The van der Waals surface area contributed by atoms with Crippen molar-refractivity contribution in [2.75, 3.05) is 14.2 Å². The topological polar surface area (TPSA) is 18.5 Å². The van der Waals surface area contributed by atoms with Gasteiger partial charge in [-0.1, -0.05) is 36.4 Å². The van der Waals surface area contributed by atoms with Gasteiger partial charge in [0.05, 0.1) is 14.2 Å². The Morgan fingerprint density at radius 3 is 2.13 bits per heavy atom. The molecule has 0 atom stereocenters. The van der Waals surface area contributed by atoms with Crippen LogP contribution in [0, 0.1) is 6.92 Å². The number of ether oxygens (including phenoxy) is 2. The number of benzene rings is 4. The minimum absolute atomic E-state index is 0.760. The molecule has 0 heterocycles. The van der Waals surface area contributed by atoms with E-state index in [4.69, 9.17) is 9.47 Å². The molecule has 4 aromatic rings. The van der Waals surface area contributed by atoms with E-state index in [1.54, 1.807) is 14.2 Å². The van der Waals surface area contributed by atoms with Gasteiger partial charge < -0.3 is 9.47 Å². The highest BCUT2D eigenvalue weighted by Gasteiger charge is 2.13. The van der Waals surface area contributed by atoms with Crippen molar-refractivity contribution in [3.05, 3.63) is 60.2 Å². The first kappa shape index (κ1) is 13.9. The van der Waals surface area contributed by atoms with Gasteiger partial charge in [-0.2, -0.15) is 0 Å². The van der Waals surface area contributed by atoms with Crippen LogP contribution in [-0.4, -0.2) is 14.2 Å². The van der Waals surface area contributed by atoms with Crippen LogP contribution in [0.15, 0.2) is 54.6 Å². The summed E-state index contributed by atoms with van der Waals surface area (Å²) in [6, 6.07) is 19.2. The van der Waals surface area contributed by atoms with E-state index in [9.17, 15) is 0 Å². The molecule has 0 fully saturated rings. The number of hydrogen-bond donors (Lipinski definition) is 0. The molecule has 0 unspecified atom stereocenters. The van der Waals surface area contributed by atoms with E-state index in [0.29, 0.717) is 0 Å². The third-order valence-corrected chi connectivity index (χ3v) is 4.56. The van der Waals surface area contributed by atoms with Gasteiger partial charge in [0.25, 0.3) is 0 Å². The fraction of sp³-hybridized carbons (Fsp3) is 0.143. The van der Waals surface area contributed by atoms with Gasteiger partial charge >= 0.3 is 0 Å². The largest absolute Gasteiger partial charge is 0.493 e. The molecule has 0 radical (unpaired) electrons. The monoisotopic (exact) mass is 302 g/mol. The van der Waals surface area contributed by atoms with Crippen LogP contribution in [0.25, 0.3) is 32.3 Å². The van der Waals surface area contributed by atoms with Gasteiger partial charge in [0.15, 0.2) is 11.5 Å². The molecule has 0 aliphatic rings. The Labute approximate surface area is 135 Å². The fourth-order valence-corrected chi connectivity index (χ4v) is 3.52. The second-order valence-electron chi connectivity index (χ2n) is 5.80. The first-order valence-electron chi connectivity index (χ1n) is 7.70. The number of methoxy groups -OCH3 is 2. The van der Waals surface area contributed by atoms with Crippen LogP contribution in [-0.2, 0) is 0 Å². The molecule has 0 spiro atoms. The van der Waals surface area contributed by atoms with Gasteiger partial charge in [0.1, 0.15) is 0 Å². The van der Waals surface area contributed by atoms with Crippen molar-refractivity contribution in [3.8, 4) is 11.5 Å². The zero-order valence-corrected chi connectivity index (χ0v) is 13.5. The Hall–Kier alpha value is -2.74. The molecule has 0 amide bonds. The zero-order chi connectivity index (χ0) is 16.0. The van der Waals surface area contributed by atoms with Crippen LogP contribution in [0.2, 0.25) is 0 Å². The smallest absolute Gasteiger partial charge is 0.168 e. The van der Waals surface area contributed by atoms with Gasteiger partial charge in [0.2, 0.25) is 0 Å². The number of fused-ring (bicyclic) bond motifs is 5. The Morgan fingerprint density at radius 2 is 1.39 bits per heavy atom. The average molecular weight is 302 g/mol. The summed E-state index contributed by atoms with van der Waals surface area (Å²) in [4.78, 5) is 0. The lowest BCUT2D eigenvalue weighted by Gasteiger charge is -2.14. The van der Waals surface area contributed by atoms with E-state index in [2.05, 4.69) is 55.5 Å². The van der Waals surface area contributed by atoms with E-state index in [-0.39, 0.29) is 0 Å². The lowest BCUT2D eigenvalue weighted by Crippen LogP contribution is -1.92. The molecule has 4 aromatic carbocycles. The van der Waals surface area contributed by atoms with Crippen molar-refractivity contribution in [1.82, 2.24) is 0 Å². The standard InChI is InChI=1S/C21H18O2/c1-13-12-14-8-9-18-17(10-11-19(22-2)21(18)23-3)20(14)16-7-5-4-6-15(13)16/h4-12H,1-3H3. The van der Waals surface area contributed by atoms with Crippen LogP contribution >= 0.6 is 0 Å². The summed E-state index contributed by atoms with van der Waals surface area (Å²) >= 11 is 0. The second-order valence-corrected chi connectivity index (χ2v) is 5.80. The first-order valence-corrected chi connectivity index (χ1v) is 7.70. The molecule has 2 heteroatoms. The second kappa shape index (κ2) is 5.17. The third kappa shape index (κ3) is 1.95. The third-order valence-electron chi connectivity index (χ3n) is 4.56. The van der Waals surface area contributed by atoms with Crippen molar-refractivity contribution < 1.29 is 9.47 Å². The lowest BCUT2D eigenvalue weighted by molar-refractivity contribution is 0.358. The maximum atomic E-state index is 5.61. The molecule has 23 heavy (non-hydrogen) atoms. The normalized spacial score (nSPS) is 11.3. The SMILES string of the molecule is COc1ccc2c(ccc3cc(C)c4ccccc4c32)c1OC. The minimum atomic E-state index is 0.760. The summed E-state index contributed by atoms with van der Waals surface area (Å²) in [5.74, 6) is 1.55. The molecule has 0 bridgehead atoms. The highest BCUT2D eigenvalue weighted by atomic mass is 16.5. The quantitative estimate of drug-likeness (QED) is 0.457. The van der Waals surface area contributed by atoms with Crippen LogP contribution in [0.3, 0.4) is 0 Å². The summed E-state index contributed by atoms with van der Waals surface area (Å²) in [5, 5.41) is 7.36. The molecule has 114 valence electrons. The van der Waals surface area contributed by atoms with Crippen LogP contribution in [0.4, 0.5) is 0 Å². The van der Waals surface area contributed by atoms with Gasteiger partial charge in [-0.3, -0.25) is 0 Å². The van der Waals surface area contributed by atoms with E-state index in [1.165, 1.54) is 32.5 Å². The van der Waals surface area contributed by atoms with Crippen LogP contribution < -0.4 is 9.47 Å². The lowest BCUT2D eigenvalue weighted by atomic mass is 9.93. The number of rotatable bonds is 2. The van der Waals surface area contributed by atoms with Crippen molar-refractivity contribution in [2.45, 2.75) is 6.92 Å². The molecular formula is C21H18O2. The Morgan fingerprint density at radius 1 is 0.696 bits per heavy atom. The predicted octanol–water partition coefficient (Wildman–Crippen LogP) is 5.47. The highest BCUT2D eigenvalue weighted by Crippen LogP contribution is 2.41. The zero-order valence-electron chi connectivity index (χ0n) is 13.5. The molecule has 2 nitrogen and oxygen atoms in total. The fourth-order valence-electron chi connectivity index (χ4n) is 3.52. The summed E-state index contributed by atoms with van der Waals surface area (Å²) < 4.78 is 11.0. The van der Waals surface area contributed by atoms with Gasteiger partial charge in [-0.05, 0) is 57.6 Å². The molecule has 0 saturated carbocycles. The van der Waals surface area contributed by atoms with Gasteiger partial charge in [0, 0.05) is 5.39 Å². The number of hydrogen-bond acceptors (Lipinski definition) is 2. The van der Waals surface area contributed by atoms with Crippen molar-refractivity contribution in [3.63, 3.8) is 0 Å². The molecule has 0 N–H and O–H groups in total. The molecule has 0 aliphatic heterocycles. The van der Waals surface area contributed by atoms with E-state index in [1.807, 2.05) is 6.07 Å². The maximum Gasteiger partial charge on any atom is 0.168 e. The maximum absolute atomic E-state index is 5.61. The van der Waals surface area contributed by atoms with Gasteiger partial charge in [-0.25, -0.2) is 0 Å². The van der Waals surface area contributed by atoms with E-state index < -0.39 is 0 Å². The summed E-state index contributed by atoms with van der Waals surface area (Å²) in [6.07, 6.45) is 0. The summed E-state index contributed by atoms with van der Waals surface area (Å²) in [6.45, 7) is 2.17. The van der Waals surface area contributed by atoms with Crippen molar-refractivity contribution in [1.29, 1.82) is 0 Å².